The Morgan fingerprint density at radius 2 is 2.14 bits per heavy atom. The molecule has 1 rings (SSSR count). The quantitative estimate of drug-likeness (QED) is 0.888. The van der Waals surface area contributed by atoms with Crippen molar-refractivity contribution in [3.63, 3.8) is 0 Å². The van der Waals surface area contributed by atoms with Crippen LogP contribution in [-0.4, -0.2) is 11.1 Å². The maximum absolute atomic E-state index is 13.5. The summed E-state index contributed by atoms with van der Waals surface area (Å²) in [6.07, 6.45) is 0. The van der Waals surface area contributed by atoms with Gasteiger partial charge in [-0.25, -0.2) is 4.39 Å². The number of halogens is 2. The molecule has 14 heavy (non-hydrogen) atoms. The van der Waals surface area contributed by atoms with Crippen molar-refractivity contribution < 1.29 is 14.3 Å². The molecule has 0 fully saturated rings. The molecule has 0 aliphatic heterocycles. The summed E-state index contributed by atoms with van der Waals surface area (Å²) in [7, 11) is 0. The molecule has 1 N–H and O–H groups in total. The van der Waals surface area contributed by atoms with Crippen molar-refractivity contribution >= 4 is 21.9 Å². The Hall–Kier alpha value is -0.900. The summed E-state index contributed by atoms with van der Waals surface area (Å²) in [5.41, 5.74) is 1.05. The highest BCUT2D eigenvalue weighted by molar-refractivity contribution is 9.10. The largest absolute Gasteiger partial charge is 0.481 e. The van der Waals surface area contributed by atoms with Crippen molar-refractivity contribution in [3.8, 4) is 0 Å². The van der Waals surface area contributed by atoms with Crippen molar-refractivity contribution in [1.29, 1.82) is 0 Å². The Bertz CT molecular complexity index is 377. The van der Waals surface area contributed by atoms with E-state index < -0.39 is 17.7 Å². The number of hydrogen-bond acceptors (Lipinski definition) is 1. The first kappa shape index (κ1) is 11.2. The summed E-state index contributed by atoms with van der Waals surface area (Å²) in [6, 6.07) is 3.17. The minimum atomic E-state index is -1.03. The summed E-state index contributed by atoms with van der Waals surface area (Å²) in [6.45, 7) is 3.26. The molecule has 1 aromatic carbocycles. The Morgan fingerprint density at radius 1 is 1.57 bits per heavy atom. The number of aliphatic carboxylic acids is 1. The molecular formula is C10H10BrFO2. The maximum Gasteiger partial charge on any atom is 0.310 e. The van der Waals surface area contributed by atoms with Crippen molar-refractivity contribution in [2.45, 2.75) is 19.8 Å². The third-order valence-corrected chi connectivity index (χ3v) is 2.61. The van der Waals surface area contributed by atoms with Gasteiger partial charge in [-0.15, -0.1) is 0 Å². The van der Waals surface area contributed by atoms with Crippen molar-refractivity contribution in [3.05, 3.63) is 33.5 Å². The lowest BCUT2D eigenvalue weighted by Crippen LogP contribution is -2.10. The second kappa shape index (κ2) is 4.09. The van der Waals surface area contributed by atoms with Gasteiger partial charge < -0.3 is 5.11 Å². The predicted molar refractivity (Wildman–Crippen MR) is 54.9 cm³/mol. The van der Waals surface area contributed by atoms with E-state index in [1.165, 1.54) is 6.92 Å². The van der Waals surface area contributed by atoms with Crippen LogP contribution in [0.2, 0.25) is 0 Å². The molecule has 0 aromatic heterocycles. The normalized spacial score (nSPS) is 12.6. The molecule has 2 nitrogen and oxygen atoms in total. The number of rotatable bonds is 2. The number of carbonyl (C=O) groups is 1. The van der Waals surface area contributed by atoms with Crippen LogP contribution in [0.4, 0.5) is 4.39 Å². The van der Waals surface area contributed by atoms with Crippen LogP contribution in [0, 0.1) is 12.7 Å². The minimum Gasteiger partial charge on any atom is -0.481 e. The fourth-order valence-corrected chi connectivity index (χ4v) is 1.79. The maximum atomic E-state index is 13.5. The fourth-order valence-electron chi connectivity index (χ4n) is 1.20. The summed E-state index contributed by atoms with van der Waals surface area (Å²) in [5.74, 6) is -2.35. The average molecular weight is 261 g/mol. The molecule has 0 saturated heterocycles. The number of benzene rings is 1. The van der Waals surface area contributed by atoms with Gasteiger partial charge in [-0.05, 0) is 41.4 Å². The Labute approximate surface area is 89.9 Å². The molecule has 0 aliphatic carbocycles. The number of carboxylic acids is 1. The molecule has 0 spiro atoms. The second-order valence-electron chi connectivity index (χ2n) is 3.21. The molecule has 0 radical (unpaired) electrons. The average Bonchev–Trinajstić information content (AvgIpc) is 2.09. The van der Waals surface area contributed by atoms with Gasteiger partial charge in [-0.3, -0.25) is 4.79 Å². The van der Waals surface area contributed by atoms with Crippen LogP contribution in [0.25, 0.3) is 0 Å². The molecule has 1 aromatic rings. The third-order valence-electron chi connectivity index (χ3n) is 2.04. The number of aryl methyl sites for hydroxylation is 1. The van der Waals surface area contributed by atoms with E-state index in [9.17, 15) is 9.18 Å². The monoisotopic (exact) mass is 260 g/mol. The highest BCUT2D eigenvalue weighted by atomic mass is 79.9. The lowest BCUT2D eigenvalue weighted by Gasteiger charge is -2.10. The zero-order valence-electron chi connectivity index (χ0n) is 7.84. The summed E-state index contributed by atoms with van der Waals surface area (Å²) >= 11 is 3.05. The molecule has 0 heterocycles. The zero-order chi connectivity index (χ0) is 10.9. The third kappa shape index (κ3) is 2.12. The van der Waals surface area contributed by atoms with E-state index in [-0.39, 0.29) is 5.56 Å². The molecule has 0 bridgehead atoms. The first-order chi connectivity index (χ1) is 6.43. The van der Waals surface area contributed by atoms with E-state index in [4.69, 9.17) is 5.11 Å². The van der Waals surface area contributed by atoms with Crippen LogP contribution in [0.5, 0.6) is 0 Å². The summed E-state index contributed by atoms with van der Waals surface area (Å²) in [4.78, 5) is 10.7. The van der Waals surface area contributed by atoms with Gasteiger partial charge in [-0.2, -0.15) is 0 Å². The molecule has 4 heteroatoms. The van der Waals surface area contributed by atoms with Gasteiger partial charge in [0, 0.05) is 5.56 Å². The van der Waals surface area contributed by atoms with Gasteiger partial charge in [0.05, 0.1) is 10.4 Å². The Morgan fingerprint density at radius 3 is 2.64 bits per heavy atom. The Balaban J connectivity index is 3.26. The van der Waals surface area contributed by atoms with Gasteiger partial charge in [0.1, 0.15) is 5.82 Å². The van der Waals surface area contributed by atoms with Crippen molar-refractivity contribution in [2.24, 2.45) is 0 Å². The number of hydrogen-bond donors (Lipinski definition) is 1. The SMILES string of the molecule is Cc1cc(Br)c(F)c(C(C)C(=O)O)c1. The summed E-state index contributed by atoms with van der Waals surface area (Å²) in [5, 5.41) is 8.76. The van der Waals surface area contributed by atoms with Gasteiger partial charge in [0.25, 0.3) is 0 Å². The predicted octanol–water partition coefficient (Wildman–Crippen LogP) is 3.08. The van der Waals surface area contributed by atoms with Crippen LogP contribution in [0.15, 0.2) is 16.6 Å². The van der Waals surface area contributed by atoms with E-state index in [0.717, 1.165) is 5.56 Å². The lowest BCUT2D eigenvalue weighted by atomic mass is 9.99. The fraction of sp³-hybridized carbons (Fsp3) is 0.300. The topological polar surface area (TPSA) is 37.3 Å². The van der Waals surface area contributed by atoms with Crippen molar-refractivity contribution in [2.75, 3.05) is 0 Å². The van der Waals surface area contributed by atoms with E-state index in [0.29, 0.717) is 4.47 Å². The zero-order valence-corrected chi connectivity index (χ0v) is 9.43. The highest BCUT2D eigenvalue weighted by Crippen LogP contribution is 2.26. The molecule has 1 atom stereocenters. The van der Waals surface area contributed by atoms with Gasteiger partial charge >= 0.3 is 5.97 Å². The second-order valence-corrected chi connectivity index (χ2v) is 4.06. The van der Waals surface area contributed by atoms with Crippen LogP contribution in [0.3, 0.4) is 0 Å². The van der Waals surface area contributed by atoms with E-state index in [2.05, 4.69) is 15.9 Å². The van der Waals surface area contributed by atoms with E-state index in [1.54, 1.807) is 19.1 Å². The smallest absolute Gasteiger partial charge is 0.310 e. The first-order valence-electron chi connectivity index (χ1n) is 4.12. The van der Waals surface area contributed by atoms with Gasteiger partial charge in [0.2, 0.25) is 0 Å². The van der Waals surface area contributed by atoms with Gasteiger partial charge in [-0.1, -0.05) is 6.07 Å². The molecule has 0 saturated carbocycles. The standard InChI is InChI=1S/C10H10BrFO2/c1-5-3-7(6(2)10(13)14)9(12)8(11)4-5/h3-4,6H,1-2H3,(H,13,14). The molecule has 76 valence electrons. The van der Waals surface area contributed by atoms with Crippen LogP contribution in [0.1, 0.15) is 24.0 Å². The summed E-state index contributed by atoms with van der Waals surface area (Å²) < 4.78 is 13.8. The molecule has 1 unspecified atom stereocenters. The number of carboxylic acid groups (broad SMARTS) is 1. The lowest BCUT2D eigenvalue weighted by molar-refractivity contribution is -0.138. The first-order valence-corrected chi connectivity index (χ1v) is 4.91. The van der Waals surface area contributed by atoms with Crippen LogP contribution < -0.4 is 0 Å². The highest BCUT2D eigenvalue weighted by Gasteiger charge is 2.19. The Kier molecular flexibility index (Phi) is 3.26. The molecule has 0 aliphatic rings. The molecular weight excluding hydrogens is 251 g/mol. The van der Waals surface area contributed by atoms with E-state index in [1.807, 2.05) is 0 Å². The van der Waals surface area contributed by atoms with Gasteiger partial charge in [0.15, 0.2) is 0 Å². The van der Waals surface area contributed by atoms with Crippen LogP contribution >= 0.6 is 15.9 Å². The van der Waals surface area contributed by atoms with Crippen LogP contribution in [-0.2, 0) is 4.79 Å². The molecule has 0 amide bonds. The van der Waals surface area contributed by atoms with Crippen molar-refractivity contribution in [1.82, 2.24) is 0 Å². The minimum absolute atomic E-state index is 0.212. The van der Waals surface area contributed by atoms with E-state index >= 15 is 0 Å².